The largest absolute Gasteiger partial charge is 0.376 e. The van der Waals surface area contributed by atoms with Gasteiger partial charge in [0.2, 0.25) is 11.8 Å². The second kappa shape index (κ2) is 11.7. The second-order valence-corrected chi connectivity index (χ2v) is 7.75. The van der Waals surface area contributed by atoms with Gasteiger partial charge < -0.3 is 20.9 Å². The van der Waals surface area contributed by atoms with E-state index in [2.05, 4.69) is 16.0 Å². The molecule has 0 saturated heterocycles. The lowest BCUT2D eigenvalue weighted by Gasteiger charge is -2.12. The van der Waals surface area contributed by atoms with Gasteiger partial charge >= 0.3 is 0 Å². The molecule has 2 aromatic carbocycles. The molecule has 166 valence electrons. The molecule has 0 aromatic heterocycles. The molecule has 0 fully saturated rings. The van der Waals surface area contributed by atoms with Crippen molar-refractivity contribution in [1.29, 1.82) is 0 Å². The van der Waals surface area contributed by atoms with E-state index in [0.717, 1.165) is 17.7 Å². The van der Waals surface area contributed by atoms with Gasteiger partial charge in [-0.25, -0.2) is 0 Å². The Bertz CT molecular complexity index is 877. The van der Waals surface area contributed by atoms with Gasteiger partial charge in [0, 0.05) is 43.5 Å². The molecule has 7 nitrogen and oxygen atoms in total. The predicted molar refractivity (Wildman–Crippen MR) is 124 cm³/mol. The first-order valence-electron chi connectivity index (χ1n) is 10.5. The highest BCUT2D eigenvalue weighted by Crippen LogP contribution is 2.13. The topological polar surface area (TPSA) is 90.5 Å². The number of nitrogens with one attached hydrogen (secondary N) is 3. The van der Waals surface area contributed by atoms with Crippen LogP contribution in [0.4, 0.5) is 11.4 Å². The average molecular weight is 425 g/mol. The fraction of sp³-hybridized carbons (Fsp3) is 0.375. The zero-order valence-electron chi connectivity index (χ0n) is 18.7. The number of nitrogens with zero attached hydrogens (tertiary/aromatic N) is 1. The van der Waals surface area contributed by atoms with Gasteiger partial charge in [0.1, 0.15) is 0 Å². The van der Waals surface area contributed by atoms with Crippen LogP contribution in [0.5, 0.6) is 0 Å². The predicted octanol–water partition coefficient (Wildman–Crippen LogP) is 3.29. The third-order valence-electron chi connectivity index (χ3n) is 4.95. The van der Waals surface area contributed by atoms with Crippen molar-refractivity contribution in [1.82, 2.24) is 10.2 Å². The number of anilines is 2. The maximum atomic E-state index is 12.2. The zero-order valence-corrected chi connectivity index (χ0v) is 18.7. The van der Waals surface area contributed by atoms with E-state index in [4.69, 9.17) is 0 Å². The highest BCUT2D eigenvalue weighted by molar-refractivity contribution is 5.95. The maximum Gasteiger partial charge on any atom is 0.251 e. The van der Waals surface area contributed by atoms with E-state index >= 15 is 0 Å². The number of amides is 3. The first-order chi connectivity index (χ1) is 14.8. The van der Waals surface area contributed by atoms with Crippen LogP contribution in [0.2, 0.25) is 0 Å². The molecule has 3 amide bonds. The fourth-order valence-electron chi connectivity index (χ4n) is 2.77. The molecule has 0 bridgehead atoms. The molecule has 0 spiro atoms. The summed E-state index contributed by atoms with van der Waals surface area (Å²) in [5.74, 6) is -0.185. The lowest BCUT2D eigenvalue weighted by molar-refractivity contribution is -0.128. The zero-order chi connectivity index (χ0) is 22.8. The van der Waals surface area contributed by atoms with Gasteiger partial charge in [-0.15, -0.1) is 0 Å². The van der Waals surface area contributed by atoms with Gasteiger partial charge in [-0.3, -0.25) is 14.4 Å². The molecule has 0 aliphatic carbocycles. The minimum Gasteiger partial charge on any atom is -0.376 e. The standard InChI is InChI=1S/C24H32N4O3/c1-5-17(2)26-24(31)19-9-13-20(14-10-19)25-16-22(29)27-21-11-6-18(7-12-21)8-15-23(30)28(3)4/h6-7,9-14,17,25H,5,8,15-16H2,1-4H3,(H,26,31)(H,27,29). The van der Waals surface area contributed by atoms with Gasteiger partial charge in [-0.2, -0.15) is 0 Å². The third-order valence-corrected chi connectivity index (χ3v) is 4.95. The van der Waals surface area contributed by atoms with E-state index in [9.17, 15) is 14.4 Å². The van der Waals surface area contributed by atoms with E-state index in [1.165, 1.54) is 0 Å². The van der Waals surface area contributed by atoms with Crippen LogP contribution in [-0.4, -0.2) is 49.3 Å². The van der Waals surface area contributed by atoms with E-state index in [1.807, 2.05) is 38.1 Å². The van der Waals surface area contributed by atoms with E-state index < -0.39 is 0 Å². The summed E-state index contributed by atoms with van der Waals surface area (Å²) in [7, 11) is 3.49. The molecule has 0 heterocycles. The highest BCUT2D eigenvalue weighted by Gasteiger charge is 2.09. The van der Waals surface area contributed by atoms with Crippen molar-refractivity contribution < 1.29 is 14.4 Å². The summed E-state index contributed by atoms with van der Waals surface area (Å²) < 4.78 is 0. The number of hydrogen-bond acceptors (Lipinski definition) is 4. The number of aryl methyl sites for hydroxylation is 1. The van der Waals surface area contributed by atoms with E-state index in [1.54, 1.807) is 43.3 Å². The Labute approximate surface area is 184 Å². The first-order valence-corrected chi connectivity index (χ1v) is 10.5. The van der Waals surface area contributed by atoms with Crippen molar-refractivity contribution in [3.8, 4) is 0 Å². The molecule has 2 aromatic rings. The van der Waals surface area contributed by atoms with Crippen LogP contribution in [0.25, 0.3) is 0 Å². The van der Waals surface area contributed by atoms with Crippen LogP contribution >= 0.6 is 0 Å². The minimum absolute atomic E-state index is 0.0904. The summed E-state index contributed by atoms with van der Waals surface area (Å²) in [4.78, 5) is 37.6. The molecule has 0 aliphatic rings. The Balaban J connectivity index is 1.78. The van der Waals surface area contributed by atoms with Crippen LogP contribution in [0.1, 0.15) is 42.6 Å². The van der Waals surface area contributed by atoms with Crippen molar-refractivity contribution in [2.75, 3.05) is 31.3 Å². The van der Waals surface area contributed by atoms with Gasteiger partial charge in [-0.05, 0) is 61.7 Å². The summed E-state index contributed by atoms with van der Waals surface area (Å²) in [5.41, 5.74) is 3.09. The normalized spacial score (nSPS) is 11.4. The summed E-state index contributed by atoms with van der Waals surface area (Å²) in [5, 5.41) is 8.81. The number of carbonyl (C=O) groups is 3. The maximum absolute atomic E-state index is 12.2. The Kier molecular flexibility index (Phi) is 9.06. The number of hydrogen-bond donors (Lipinski definition) is 3. The van der Waals surface area contributed by atoms with Crippen molar-refractivity contribution in [2.24, 2.45) is 0 Å². The Hall–Kier alpha value is -3.35. The van der Waals surface area contributed by atoms with Gasteiger partial charge in [0.05, 0.1) is 6.54 Å². The Morgan fingerprint density at radius 2 is 1.55 bits per heavy atom. The van der Waals surface area contributed by atoms with Gasteiger partial charge in [0.25, 0.3) is 5.91 Å². The van der Waals surface area contributed by atoms with E-state index in [0.29, 0.717) is 24.1 Å². The molecule has 7 heteroatoms. The third kappa shape index (κ3) is 8.12. The molecule has 0 saturated carbocycles. The van der Waals surface area contributed by atoms with Crippen molar-refractivity contribution in [3.05, 3.63) is 59.7 Å². The van der Waals surface area contributed by atoms with Crippen LogP contribution < -0.4 is 16.0 Å². The van der Waals surface area contributed by atoms with Crippen LogP contribution in [0.15, 0.2) is 48.5 Å². The molecule has 2 rings (SSSR count). The van der Waals surface area contributed by atoms with E-state index in [-0.39, 0.29) is 30.3 Å². The molecule has 0 aliphatic heterocycles. The molecule has 1 atom stereocenters. The SMILES string of the molecule is CCC(C)NC(=O)c1ccc(NCC(=O)Nc2ccc(CCC(=O)N(C)C)cc2)cc1. The number of benzene rings is 2. The van der Waals surface area contributed by atoms with Crippen molar-refractivity contribution in [2.45, 2.75) is 39.2 Å². The average Bonchev–Trinajstić information content (AvgIpc) is 2.77. The molecule has 1 unspecified atom stereocenters. The molecular formula is C24H32N4O3. The smallest absolute Gasteiger partial charge is 0.251 e. The fourth-order valence-corrected chi connectivity index (χ4v) is 2.77. The van der Waals surface area contributed by atoms with Crippen molar-refractivity contribution >= 4 is 29.1 Å². The molecule has 3 N–H and O–H groups in total. The molecule has 31 heavy (non-hydrogen) atoms. The highest BCUT2D eigenvalue weighted by atomic mass is 16.2. The van der Waals surface area contributed by atoms with Crippen LogP contribution in [-0.2, 0) is 16.0 Å². The summed E-state index contributed by atoms with van der Waals surface area (Å²) >= 11 is 0. The van der Waals surface area contributed by atoms with Gasteiger partial charge in [0.15, 0.2) is 0 Å². The summed E-state index contributed by atoms with van der Waals surface area (Å²) in [6, 6.07) is 14.6. The number of carbonyl (C=O) groups excluding carboxylic acids is 3. The Morgan fingerprint density at radius 3 is 2.13 bits per heavy atom. The quantitative estimate of drug-likeness (QED) is 0.546. The molecular weight excluding hydrogens is 392 g/mol. The Morgan fingerprint density at radius 1 is 0.935 bits per heavy atom. The second-order valence-electron chi connectivity index (χ2n) is 7.75. The van der Waals surface area contributed by atoms with Gasteiger partial charge in [-0.1, -0.05) is 19.1 Å². The number of rotatable bonds is 10. The lowest BCUT2D eigenvalue weighted by Crippen LogP contribution is -2.31. The summed E-state index contributed by atoms with van der Waals surface area (Å²) in [6.45, 7) is 4.09. The van der Waals surface area contributed by atoms with Crippen LogP contribution in [0.3, 0.4) is 0 Å². The minimum atomic E-state index is -0.172. The van der Waals surface area contributed by atoms with Crippen LogP contribution in [0, 0.1) is 0 Å². The molecule has 0 radical (unpaired) electrons. The lowest BCUT2D eigenvalue weighted by atomic mass is 10.1. The summed E-state index contributed by atoms with van der Waals surface area (Å²) in [6.07, 6.45) is 2.00. The monoisotopic (exact) mass is 424 g/mol. The van der Waals surface area contributed by atoms with Crippen molar-refractivity contribution in [3.63, 3.8) is 0 Å². The first kappa shape index (κ1) is 23.9.